The SMILES string of the molecule is CC1CNCCNC(C)CNC(C)CN1.[CH3-].[Cl-].[Cl-].[Cu+2]. The molecule has 0 aromatic carbocycles. The summed E-state index contributed by atoms with van der Waals surface area (Å²) in [5.74, 6) is 0. The van der Waals surface area contributed by atoms with Crippen LogP contribution in [0.3, 0.4) is 0 Å². The minimum atomic E-state index is 0. The van der Waals surface area contributed by atoms with Crippen LogP contribution in [0.2, 0.25) is 0 Å². The normalized spacial score (nSPS) is 28.9. The van der Waals surface area contributed by atoms with Crippen LogP contribution in [-0.2, 0) is 17.1 Å². The average Bonchev–Trinajstić information content (AvgIpc) is 2.21. The van der Waals surface area contributed by atoms with Gasteiger partial charge in [0.1, 0.15) is 0 Å². The molecule has 7 heteroatoms. The van der Waals surface area contributed by atoms with Gasteiger partial charge >= 0.3 is 17.1 Å². The maximum absolute atomic E-state index is 3.53. The molecule has 0 saturated carbocycles. The largest absolute Gasteiger partial charge is 2.00 e. The summed E-state index contributed by atoms with van der Waals surface area (Å²) in [4.78, 5) is 0. The molecule has 1 radical (unpaired) electrons. The molecule has 0 aromatic rings. The van der Waals surface area contributed by atoms with E-state index in [-0.39, 0.29) is 49.3 Å². The summed E-state index contributed by atoms with van der Waals surface area (Å²) in [6.07, 6.45) is 0. The van der Waals surface area contributed by atoms with E-state index < -0.39 is 0 Å². The van der Waals surface area contributed by atoms with Crippen LogP contribution >= 0.6 is 0 Å². The molecule has 4 N–H and O–H groups in total. The third-order valence-corrected chi connectivity index (χ3v) is 2.79. The summed E-state index contributed by atoms with van der Waals surface area (Å²) in [5, 5.41) is 14.0. The van der Waals surface area contributed by atoms with Crippen LogP contribution in [0, 0.1) is 7.43 Å². The van der Waals surface area contributed by atoms with Gasteiger partial charge in [0.05, 0.1) is 0 Å². The second kappa shape index (κ2) is 17.0. The Hall–Kier alpha value is 0.939. The van der Waals surface area contributed by atoms with Crippen LogP contribution in [0.1, 0.15) is 20.8 Å². The Morgan fingerprint density at radius 2 is 1.11 bits per heavy atom. The van der Waals surface area contributed by atoms with E-state index in [9.17, 15) is 0 Å². The molecule has 1 rings (SSSR count). The van der Waals surface area contributed by atoms with Crippen molar-refractivity contribution in [2.75, 3.05) is 32.7 Å². The summed E-state index contributed by atoms with van der Waals surface area (Å²) in [6, 6.07) is 1.63. The van der Waals surface area contributed by atoms with Gasteiger partial charge in [-0.3, -0.25) is 0 Å². The minimum Gasteiger partial charge on any atom is -1.00 e. The topological polar surface area (TPSA) is 48.1 Å². The fourth-order valence-electron chi connectivity index (χ4n) is 1.70. The molecule has 0 bridgehead atoms. The summed E-state index contributed by atoms with van der Waals surface area (Å²) < 4.78 is 0. The fraction of sp³-hybridized carbons (Fsp3) is 0.917. The first-order valence-electron chi connectivity index (χ1n) is 6.09. The number of halogens is 2. The van der Waals surface area contributed by atoms with Gasteiger partial charge in [0.2, 0.25) is 0 Å². The van der Waals surface area contributed by atoms with Gasteiger partial charge in [-0.15, -0.1) is 0 Å². The van der Waals surface area contributed by atoms with Crippen LogP contribution in [0.15, 0.2) is 0 Å². The second-order valence-electron chi connectivity index (χ2n) is 4.68. The van der Waals surface area contributed by atoms with Crippen molar-refractivity contribution in [2.45, 2.75) is 38.9 Å². The van der Waals surface area contributed by atoms with Crippen molar-refractivity contribution < 1.29 is 41.9 Å². The molecule has 3 atom stereocenters. The van der Waals surface area contributed by atoms with Crippen LogP contribution in [0.4, 0.5) is 0 Å². The Kier molecular flexibility index (Phi) is 25.2. The van der Waals surface area contributed by atoms with Gasteiger partial charge in [-0.1, -0.05) is 0 Å². The van der Waals surface area contributed by atoms with Crippen molar-refractivity contribution in [1.82, 2.24) is 21.3 Å². The molecule has 19 heavy (non-hydrogen) atoms. The average molecular weight is 364 g/mol. The van der Waals surface area contributed by atoms with Crippen molar-refractivity contribution in [2.24, 2.45) is 0 Å². The third kappa shape index (κ3) is 15.2. The Morgan fingerprint density at radius 1 is 0.684 bits per heavy atom. The second-order valence-corrected chi connectivity index (χ2v) is 4.68. The quantitative estimate of drug-likeness (QED) is 0.256. The molecule has 0 spiro atoms. The molecule has 1 aliphatic rings. The molecule has 3 unspecified atom stereocenters. The van der Waals surface area contributed by atoms with Crippen LogP contribution in [-0.4, -0.2) is 50.8 Å². The number of hydrogen-bond donors (Lipinski definition) is 4. The van der Waals surface area contributed by atoms with E-state index >= 15 is 0 Å². The van der Waals surface area contributed by atoms with Gasteiger partial charge in [-0.05, 0) is 20.8 Å². The van der Waals surface area contributed by atoms with Gasteiger partial charge in [-0.2, -0.15) is 0 Å². The van der Waals surface area contributed by atoms with Crippen LogP contribution in [0.5, 0.6) is 0 Å². The van der Waals surface area contributed by atoms with Gasteiger partial charge in [0.15, 0.2) is 0 Å². The van der Waals surface area contributed by atoms with Gasteiger partial charge < -0.3 is 53.5 Å². The van der Waals surface area contributed by atoms with E-state index in [1.54, 1.807) is 0 Å². The van der Waals surface area contributed by atoms with Crippen molar-refractivity contribution >= 4 is 0 Å². The Balaban J connectivity index is -0.000000281. The van der Waals surface area contributed by atoms with Crippen LogP contribution < -0.4 is 46.1 Å². The Bertz CT molecular complexity index is 162. The Morgan fingerprint density at radius 3 is 1.63 bits per heavy atom. The third-order valence-electron chi connectivity index (χ3n) is 2.79. The molecule has 123 valence electrons. The summed E-state index contributed by atoms with van der Waals surface area (Å²) in [5.41, 5.74) is 0. The van der Waals surface area contributed by atoms with E-state index in [0.717, 1.165) is 32.7 Å². The fourth-order valence-corrected chi connectivity index (χ4v) is 1.70. The number of rotatable bonds is 0. The van der Waals surface area contributed by atoms with E-state index in [0.29, 0.717) is 18.1 Å². The molecule has 0 aromatic heterocycles. The molecular formula is C12H29Cl2CuN4-. The molecule has 1 heterocycles. The van der Waals surface area contributed by atoms with Gasteiger partial charge in [0, 0.05) is 50.8 Å². The van der Waals surface area contributed by atoms with Gasteiger partial charge in [-0.25, -0.2) is 0 Å². The zero-order valence-corrected chi connectivity index (χ0v) is 14.8. The summed E-state index contributed by atoms with van der Waals surface area (Å²) >= 11 is 0. The van der Waals surface area contributed by atoms with Gasteiger partial charge in [0.25, 0.3) is 0 Å². The standard InChI is InChI=1S/C11H26N4.CH3.2ClH.Cu/c1-9-6-12-4-5-13-10(2)7-15-11(3)8-14-9;;;;/h9-15H,4-8H2,1-3H3;1H3;2*1H;/q;-1;;;+2/p-2. The molecule has 0 amide bonds. The predicted octanol–water partition coefficient (Wildman–Crippen LogP) is -6.02. The smallest absolute Gasteiger partial charge is 1.00 e. The van der Waals surface area contributed by atoms with Crippen LogP contribution in [0.25, 0.3) is 0 Å². The maximum atomic E-state index is 3.53. The molecule has 1 saturated heterocycles. The summed E-state index contributed by atoms with van der Waals surface area (Å²) in [6.45, 7) is 11.9. The van der Waals surface area contributed by atoms with E-state index in [4.69, 9.17) is 0 Å². The van der Waals surface area contributed by atoms with Crippen molar-refractivity contribution in [3.63, 3.8) is 0 Å². The first-order valence-corrected chi connectivity index (χ1v) is 6.09. The first-order chi connectivity index (χ1) is 7.18. The molecular weight excluding hydrogens is 335 g/mol. The van der Waals surface area contributed by atoms with E-state index in [1.165, 1.54) is 0 Å². The molecule has 0 aliphatic carbocycles. The molecule has 1 aliphatic heterocycles. The zero-order valence-electron chi connectivity index (χ0n) is 12.3. The monoisotopic (exact) mass is 362 g/mol. The Labute approximate surface area is 142 Å². The predicted molar refractivity (Wildman–Crippen MR) is 71.7 cm³/mol. The maximum Gasteiger partial charge on any atom is 2.00 e. The van der Waals surface area contributed by atoms with Crippen molar-refractivity contribution in [1.29, 1.82) is 0 Å². The van der Waals surface area contributed by atoms with Crippen molar-refractivity contribution in [3.8, 4) is 0 Å². The number of hydrogen-bond acceptors (Lipinski definition) is 4. The zero-order chi connectivity index (χ0) is 11.1. The first kappa shape index (κ1) is 28.2. The van der Waals surface area contributed by atoms with E-state index in [2.05, 4.69) is 42.0 Å². The molecule has 4 nitrogen and oxygen atoms in total. The minimum absolute atomic E-state index is 0. The molecule has 1 fully saturated rings. The summed E-state index contributed by atoms with van der Waals surface area (Å²) in [7, 11) is 0. The van der Waals surface area contributed by atoms with Crippen molar-refractivity contribution in [3.05, 3.63) is 7.43 Å². The van der Waals surface area contributed by atoms with E-state index in [1.807, 2.05) is 0 Å². The number of nitrogens with one attached hydrogen (secondary N) is 4.